The first-order chi connectivity index (χ1) is 11.9. The molecule has 1 N–H and O–H groups in total. The summed E-state index contributed by atoms with van der Waals surface area (Å²) in [5.74, 6) is 1.04. The van der Waals surface area contributed by atoms with Crippen LogP contribution in [0, 0.1) is 0 Å². The van der Waals surface area contributed by atoms with Crippen molar-refractivity contribution in [3.8, 4) is 16.9 Å². The first kappa shape index (κ1) is 15.7. The Kier molecular flexibility index (Phi) is 4.81. The van der Waals surface area contributed by atoms with Crippen molar-refractivity contribution >= 4 is 0 Å². The molecule has 0 spiro atoms. The molecule has 2 aromatic rings. The van der Waals surface area contributed by atoms with Gasteiger partial charge in [-0.3, -0.25) is 4.84 Å². The second kappa shape index (κ2) is 7.37. The summed E-state index contributed by atoms with van der Waals surface area (Å²) in [7, 11) is 0. The van der Waals surface area contributed by atoms with Crippen LogP contribution in [-0.4, -0.2) is 12.6 Å². The summed E-state index contributed by atoms with van der Waals surface area (Å²) in [5.41, 5.74) is 8.25. The maximum Gasteiger partial charge on any atom is 0.122 e. The average Bonchev–Trinajstić information content (AvgIpc) is 3.11. The molecule has 0 unspecified atom stereocenters. The van der Waals surface area contributed by atoms with Crippen molar-refractivity contribution in [3.63, 3.8) is 0 Å². The molecule has 2 aromatic carbocycles. The molecule has 0 saturated heterocycles. The van der Waals surface area contributed by atoms with Crippen LogP contribution in [0.5, 0.6) is 5.75 Å². The van der Waals surface area contributed by atoms with E-state index in [1.165, 1.54) is 54.4 Å². The van der Waals surface area contributed by atoms with E-state index in [-0.39, 0.29) is 0 Å². The van der Waals surface area contributed by atoms with Crippen molar-refractivity contribution in [2.24, 2.45) is 0 Å². The maximum atomic E-state index is 5.70. The molecule has 0 radical (unpaired) electrons. The van der Waals surface area contributed by atoms with Gasteiger partial charge in [0, 0.05) is 12.5 Å². The molecule has 4 rings (SSSR count). The molecule has 0 amide bonds. The van der Waals surface area contributed by atoms with E-state index in [0.29, 0.717) is 12.6 Å². The van der Waals surface area contributed by atoms with Gasteiger partial charge in [0.1, 0.15) is 5.75 Å². The molecule has 2 aliphatic rings. The lowest BCUT2D eigenvalue weighted by atomic mass is 9.96. The van der Waals surface area contributed by atoms with Gasteiger partial charge in [0.2, 0.25) is 0 Å². The molecule has 3 heteroatoms. The highest BCUT2D eigenvalue weighted by molar-refractivity contribution is 5.66. The van der Waals surface area contributed by atoms with E-state index in [1.54, 1.807) is 0 Å². The normalized spacial score (nSPS) is 17.5. The lowest BCUT2D eigenvalue weighted by molar-refractivity contribution is -0.00457. The number of hydrogen-bond donors (Lipinski definition) is 1. The standard InChI is InChI=1S/C21H25NO2/c1-2-4-20(5-3-1)22-24-15-16-6-8-17(9-7-16)18-10-11-21-19(14-18)12-13-23-21/h6-11,14,20,22H,1-5,12-13,15H2. The first-order valence-electron chi connectivity index (χ1n) is 9.11. The topological polar surface area (TPSA) is 30.5 Å². The number of ether oxygens (including phenoxy) is 1. The Hall–Kier alpha value is -1.84. The highest BCUT2D eigenvalue weighted by atomic mass is 16.6. The summed E-state index contributed by atoms with van der Waals surface area (Å²) >= 11 is 0. The SMILES string of the molecule is c1cc(-c2ccc3c(c2)CCO3)ccc1CONC1CCCCC1. The van der Waals surface area contributed by atoms with Gasteiger partial charge in [-0.1, -0.05) is 49.6 Å². The summed E-state index contributed by atoms with van der Waals surface area (Å²) in [5, 5.41) is 0. The predicted molar refractivity (Wildman–Crippen MR) is 95.9 cm³/mol. The second-order valence-electron chi connectivity index (χ2n) is 6.86. The Morgan fingerprint density at radius 1 is 0.958 bits per heavy atom. The minimum absolute atomic E-state index is 0.534. The molecule has 3 nitrogen and oxygen atoms in total. The molecule has 126 valence electrons. The van der Waals surface area contributed by atoms with Crippen molar-refractivity contribution in [1.82, 2.24) is 5.48 Å². The summed E-state index contributed by atoms with van der Waals surface area (Å²) in [6.45, 7) is 1.43. The van der Waals surface area contributed by atoms with E-state index in [4.69, 9.17) is 9.57 Å². The van der Waals surface area contributed by atoms with E-state index in [2.05, 4.69) is 47.9 Å². The molecule has 0 aromatic heterocycles. The third-order valence-corrected chi connectivity index (χ3v) is 5.07. The molecule has 1 aliphatic heterocycles. The van der Waals surface area contributed by atoms with E-state index >= 15 is 0 Å². The largest absolute Gasteiger partial charge is 0.493 e. The molecule has 1 saturated carbocycles. The molecule has 0 bridgehead atoms. The van der Waals surface area contributed by atoms with E-state index < -0.39 is 0 Å². The Morgan fingerprint density at radius 2 is 1.75 bits per heavy atom. The number of hydrogen-bond acceptors (Lipinski definition) is 3. The Bertz CT molecular complexity index is 675. The van der Waals surface area contributed by atoms with E-state index in [0.717, 1.165) is 18.8 Å². The summed E-state index contributed by atoms with van der Waals surface area (Å²) < 4.78 is 5.58. The lowest BCUT2D eigenvalue weighted by Gasteiger charge is -2.22. The zero-order valence-electron chi connectivity index (χ0n) is 14.1. The number of rotatable bonds is 5. The maximum absolute atomic E-state index is 5.70. The Morgan fingerprint density at radius 3 is 2.58 bits per heavy atom. The number of nitrogens with one attached hydrogen (secondary N) is 1. The van der Waals surface area contributed by atoms with Gasteiger partial charge in [0.25, 0.3) is 0 Å². The highest BCUT2D eigenvalue weighted by Crippen LogP contribution is 2.30. The highest BCUT2D eigenvalue weighted by Gasteiger charge is 2.13. The van der Waals surface area contributed by atoms with Crippen molar-refractivity contribution in [1.29, 1.82) is 0 Å². The third kappa shape index (κ3) is 3.63. The van der Waals surface area contributed by atoms with Crippen LogP contribution in [0.15, 0.2) is 42.5 Å². The summed E-state index contributed by atoms with van der Waals surface area (Å²) in [6.07, 6.45) is 7.50. The van der Waals surface area contributed by atoms with Gasteiger partial charge >= 0.3 is 0 Å². The molecule has 24 heavy (non-hydrogen) atoms. The van der Waals surface area contributed by atoms with Crippen LogP contribution in [0.25, 0.3) is 11.1 Å². The summed E-state index contributed by atoms with van der Waals surface area (Å²) in [6, 6.07) is 15.7. The smallest absolute Gasteiger partial charge is 0.122 e. The fourth-order valence-corrected chi connectivity index (χ4v) is 3.62. The van der Waals surface area contributed by atoms with Gasteiger partial charge in [-0.2, -0.15) is 5.48 Å². The number of hydroxylamine groups is 1. The fraction of sp³-hybridized carbons (Fsp3) is 0.429. The lowest BCUT2D eigenvalue weighted by Crippen LogP contribution is -2.30. The quantitative estimate of drug-likeness (QED) is 0.813. The molecule has 1 aliphatic carbocycles. The minimum Gasteiger partial charge on any atom is -0.493 e. The van der Waals surface area contributed by atoms with Crippen LogP contribution in [0.1, 0.15) is 43.2 Å². The molecule has 1 heterocycles. The fourth-order valence-electron chi connectivity index (χ4n) is 3.62. The second-order valence-corrected chi connectivity index (χ2v) is 6.86. The summed E-state index contributed by atoms with van der Waals surface area (Å²) in [4.78, 5) is 5.70. The monoisotopic (exact) mass is 323 g/mol. The van der Waals surface area contributed by atoms with Gasteiger partial charge in [0.05, 0.1) is 13.2 Å². The van der Waals surface area contributed by atoms with E-state index in [9.17, 15) is 0 Å². The van der Waals surface area contributed by atoms with E-state index in [1.807, 2.05) is 0 Å². The molecule has 1 fully saturated rings. The van der Waals surface area contributed by atoms with Crippen LogP contribution in [-0.2, 0) is 17.9 Å². The van der Waals surface area contributed by atoms with Gasteiger partial charge < -0.3 is 4.74 Å². The average molecular weight is 323 g/mol. The number of benzene rings is 2. The van der Waals surface area contributed by atoms with Crippen molar-refractivity contribution in [3.05, 3.63) is 53.6 Å². The zero-order chi connectivity index (χ0) is 16.2. The van der Waals surface area contributed by atoms with Gasteiger partial charge in [-0.15, -0.1) is 0 Å². The minimum atomic E-state index is 0.534. The van der Waals surface area contributed by atoms with Gasteiger partial charge in [-0.25, -0.2) is 0 Å². The Labute approximate surface area is 143 Å². The van der Waals surface area contributed by atoms with Gasteiger partial charge in [0.15, 0.2) is 0 Å². The van der Waals surface area contributed by atoms with Crippen LogP contribution in [0.2, 0.25) is 0 Å². The number of fused-ring (bicyclic) bond motifs is 1. The van der Waals surface area contributed by atoms with Crippen LogP contribution in [0.3, 0.4) is 0 Å². The molecular formula is C21H25NO2. The molecule has 0 atom stereocenters. The molecular weight excluding hydrogens is 298 g/mol. The third-order valence-electron chi connectivity index (χ3n) is 5.07. The predicted octanol–water partition coefficient (Wildman–Crippen LogP) is 4.64. The van der Waals surface area contributed by atoms with Crippen LogP contribution in [0.4, 0.5) is 0 Å². The zero-order valence-corrected chi connectivity index (χ0v) is 14.1. The first-order valence-corrected chi connectivity index (χ1v) is 9.11. The van der Waals surface area contributed by atoms with Crippen LogP contribution >= 0.6 is 0 Å². The van der Waals surface area contributed by atoms with Crippen LogP contribution < -0.4 is 10.2 Å². The van der Waals surface area contributed by atoms with Crippen molar-refractivity contribution in [2.45, 2.75) is 51.2 Å². The Balaban J connectivity index is 1.34. The van der Waals surface area contributed by atoms with Gasteiger partial charge in [-0.05, 0) is 47.2 Å². The van der Waals surface area contributed by atoms with Crippen molar-refractivity contribution in [2.75, 3.05) is 6.61 Å². The van der Waals surface area contributed by atoms with Crippen molar-refractivity contribution < 1.29 is 9.57 Å².